The molecule has 0 radical (unpaired) electrons. The Labute approximate surface area is 208 Å². The van der Waals surface area contributed by atoms with Gasteiger partial charge in [-0.25, -0.2) is 4.39 Å². The maximum absolute atomic E-state index is 13.2. The summed E-state index contributed by atoms with van der Waals surface area (Å²) in [6.45, 7) is 0.295. The molecule has 0 saturated carbocycles. The van der Waals surface area contributed by atoms with Crippen LogP contribution in [0.5, 0.6) is 5.75 Å². The van der Waals surface area contributed by atoms with Crippen LogP contribution in [0.15, 0.2) is 65.6 Å². The number of hydrogen-bond donors (Lipinski definition) is 0. The van der Waals surface area contributed by atoms with Gasteiger partial charge in [0.2, 0.25) is 0 Å². The van der Waals surface area contributed by atoms with Crippen molar-refractivity contribution in [3.8, 4) is 5.75 Å². The zero-order chi connectivity index (χ0) is 23.5. The summed E-state index contributed by atoms with van der Waals surface area (Å²) in [5.74, 6) is -0.273. The quantitative estimate of drug-likeness (QED) is 0.313. The molecule has 0 unspecified atom stereocenters. The normalized spacial score (nSPS) is 14.9. The molecule has 33 heavy (non-hydrogen) atoms. The summed E-state index contributed by atoms with van der Waals surface area (Å²) in [5.41, 5.74) is 2.11. The summed E-state index contributed by atoms with van der Waals surface area (Å²) in [4.78, 5) is 26.5. The molecule has 0 bridgehead atoms. The molecule has 9 heteroatoms. The third-order valence-electron chi connectivity index (χ3n) is 4.78. The highest BCUT2D eigenvalue weighted by Gasteiger charge is 2.35. The minimum atomic E-state index is -0.484. The van der Waals surface area contributed by atoms with Crippen LogP contribution in [-0.4, -0.2) is 16.0 Å². The number of ether oxygens (including phenoxy) is 1. The molecule has 4 rings (SSSR count). The summed E-state index contributed by atoms with van der Waals surface area (Å²) in [5, 5.41) is 0.696. The van der Waals surface area contributed by atoms with Gasteiger partial charge in [0.1, 0.15) is 18.2 Å². The molecule has 1 saturated heterocycles. The van der Waals surface area contributed by atoms with Gasteiger partial charge < -0.3 is 4.74 Å². The standard InChI is InChI=1S/C24H15Cl3FNO3S/c25-19-8-3-15(9-21(19)27)13-32-18-6-1-14(2-7-18)10-22-23(30)29(24(31)33-22)12-16-4-5-17(28)11-20(16)26/h1-11H,12-13H2/b22-10-. The number of thioether (sulfide) groups is 1. The summed E-state index contributed by atoms with van der Waals surface area (Å²) >= 11 is 18.8. The minimum absolute atomic E-state index is 0.0252. The Morgan fingerprint density at radius 2 is 1.67 bits per heavy atom. The first kappa shape index (κ1) is 23.6. The van der Waals surface area contributed by atoms with E-state index in [1.807, 2.05) is 6.07 Å². The molecular weight excluding hydrogens is 508 g/mol. The van der Waals surface area contributed by atoms with Gasteiger partial charge in [-0.2, -0.15) is 0 Å². The lowest BCUT2D eigenvalue weighted by Crippen LogP contribution is -2.27. The van der Waals surface area contributed by atoms with Crippen LogP contribution in [0.25, 0.3) is 6.08 Å². The monoisotopic (exact) mass is 521 g/mol. The molecule has 1 aliphatic rings. The van der Waals surface area contributed by atoms with Gasteiger partial charge in [-0.1, -0.05) is 59.1 Å². The Balaban J connectivity index is 1.41. The zero-order valence-electron chi connectivity index (χ0n) is 16.9. The molecule has 0 atom stereocenters. The molecule has 1 fully saturated rings. The first-order valence-electron chi connectivity index (χ1n) is 9.66. The molecule has 3 aromatic carbocycles. The van der Waals surface area contributed by atoms with E-state index >= 15 is 0 Å². The number of amides is 2. The number of halogens is 4. The molecule has 2 amide bonds. The fourth-order valence-electron chi connectivity index (χ4n) is 3.06. The average molecular weight is 523 g/mol. The van der Waals surface area contributed by atoms with Crippen LogP contribution < -0.4 is 4.74 Å². The second kappa shape index (κ2) is 10.2. The second-order valence-corrected chi connectivity index (χ2v) is 9.32. The Morgan fingerprint density at radius 3 is 2.36 bits per heavy atom. The van der Waals surface area contributed by atoms with E-state index in [9.17, 15) is 14.0 Å². The van der Waals surface area contributed by atoms with Crippen molar-refractivity contribution in [1.82, 2.24) is 4.90 Å². The average Bonchev–Trinajstić information content (AvgIpc) is 3.04. The number of nitrogens with zero attached hydrogens (tertiary/aromatic N) is 1. The van der Waals surface area contributed by atoms with Crippen molar-refractivity contribution in [3.63, 3.8) is 0 Å². The van der Waals surface area contributed by atoms with Gasteiger partial charge in [0.25, 0.3) is 11.1 Å². The first-order valence-corrected chi connectivity index (χ1v) is 11.6. The molecule has 4 nitrogen and oxygen atoms in total. The van der Waals surface area contributed by atoms with Crippen LogP contribution in [0.3, 0.4) is 0 Å². The van der Waals surface area contributed by atoms with Gasteiger partial charge in [0, 0.05) is 5.02 Å². The van der Waals surface area contributed by atoms with E-state index in [1.165, 1.54) is 12.1 Å². The molecule has 168 valence electrons. The van der Waals surface area contributed by atoms with Crippen molar-refractivity contribution in [2.75, 3.05) is 0 Å². The third kappa shape index (κ3) is 5.71. The number of imide groups is 1. The Morgan fingerprint density at radius 1 is 0.909 bits per heavy atom. The minimum Gasteiger partial charge on any atom is -0.489 e. The molecule has 1 heterocycles. The summed E-state index contributed by atoms with van der Waals surface area (Å²) in [6, 6.07) is 16.2. The Kier molecular flexibility index (Phi) is 7.29. The predicted octanol–water partition coefficient (Wildman–Crippen LogP) is 7.60. The Bertz CT molecular complexity index is 1260. The largest absolute Gasteiger partial charge is 0.489 e. The van der Waals surface area contributed by atoms with E-state index < -0.39 is 17.0 Å². The van der Waals surface area contributed by atoms with Crippen LogP contribution in [0.2, 0.25) is 15.1 Å². The van der Waals surface area contributed by atoms with E-state index in [2.05, 4.69) is 0 Å². The molecule has 1 aliphatic heterocycles. The first-order chi connectivity index (χ1) is 15.8. The molecule has 0 aromatic heterocycles. The number of rotatable bonds is 6. The van der Waals surface area contributed by atoms with Crippen LogP contribution in [-0.2, 0) is 17.9 Å². The lowest BCUT2D eigenvalue weighted by molar-refractivity contribution is -0.123. The topological polar surface area (TPSA) is 46.6 Å². The van der Waals surface area contributed by atoms with Crippen LogP contribution in [0.4, 0.5) is 9.18 Å². The van der Waals surface area contributed by atoms with E-state index in [0.717, 1.165) is 33.9 Å². The van der Waals surface area contributed by atoms with E-state index in [1.54, 1.807) is 42.5 Å². The van der Waals surface area contributed by atoms with E-state index in [4.69, 9.17) is 39.5 Å². The maximum Gasteiger partial charge on any atom is 0.293 e. The highest BCUT2D eigenvalue weighted by Crippen LogP contribution is 2.34. The highest BCUT2D eigenvalue weighted by molar-refractivity contribution is 8.18. The number of hydrogen-bond acceptors (Lipinski definition) is 4. The lowest BCUT2D eigenvalue weighted by Gasteiger charge is -2.13. The van der Waals surface area contributed by atoms with Crippen molar-refractivity contribution < 1.29 is 18.7 Å². The summed E-state index contributed by atoms with van der Waals surface area (Å²) in [6.07, 6.45) is 1.64. The van der Waals surface area contributed by atoms with Gasteiger partial charge in [0.05, 0.1) is 21.5 Å². The molecule has 3 aromatic rings. The number of benzene rings is 3. The van der Waals surface area contributed by atoms with Crippen LogP contribution >= 0.6 is 46.6 Å². The van der Waals surface area contributed by atoms with Crippen molar-refractivity contribution in [1.29, 1.82) is 0 Å². The van der Waals surface area contributed by atoms with E-state index in [0.29, 0.717) is 32.9 Å². The summed E-state index contributed by atoms with van der Waals surface area (Å²) < 4.78 is 19.0. The predicted molar refractivity (Wildman–Crippen MR) is 130 cm³/mol. The highest BCUT2D eigenvalue weighted by atomic mass is 35.5. The van der Waals surface area contributed by atoms with Gasteiger partial charge in [0.15, 0.2) is 0 Å². The zero-order valence-corrected chi connectivity index (χ0v) is 19.9. The summed E-state index contributed by atoms with van der Waals surface area (Å²) in [7, 11) is 0. The van der Waals surface area contributed by atoms with Crippen molar-refractivity contribution in [3.05, 3.63) is 103 Å². The molecule has 0 N–H and O–H groups in total. The van der Waals surface area contributed by atoms with Gasteiger partial charge >= 0.3 is 0 Å². The number of carbonyl (C=O) groups is 2. The maximum atomic E-state index is 13.2. The van der Waals surface area contributed by atoms with Gasteiger partial charge in [-0.05, 0) is 70.9 Å². The smallest absolute Gasteiger partial charge is 0.293 e. The van der Waals surface area contributed by atoms with Crippen LogP contribution in [0, 0.1) is 5.82 Å². The Hall–Kier alpha value is -2.51. The van der Waals surface area contributed by atoms with Crippen LogP contribution in [0.1, 0.15) is 16.7 Å². The molecule has 0 aliphatic carbocycles. The second-order valence-electron chi connectivity index (χ2n) is 7.11. The van der Waals surface area contributed by atoms with Crippen molar-refractivity contribution >= 4 is 63.8 Å². The van der Waals surface area contributed by atoms with Gasteiger partial charge in [-0.3, -0.25) is 14.5 Å². The SMILES string of the molecule is O=C1S/C(=C\c2ccc(OCc3ccc(Cl)c(Cl)c3)cc2)C(=O)N1Cc1ccc(F)cc1Cl. The lowest BCUT2D eigenvalue weighted by atomic mass is 10.2. The fourth-order valence-corrected chi connectivity index (χ4v) is 4.45. The molecule has 0 spiro atoms. The fraction of sp³-hybridized carbons (Fsp3) is 0.0833. The molecular formula is C24H15Cl3FNO3S. The van der Waals surface area contributed by atoms with Crippen molar-refractivity contribution in [2.45, 2.75) is 13.2 Å². The third-order valence-corrected chi connectivity index (χ3v) is 6.78. The van der Waals surface area contributed by atoms with E-state index in [-0.39, 0.29) is 11.6 Å². The number of carbonyl (C=O) groups excluding carboxylic acids is 2. The van der Waals surface area contributed by atoms with Gasteiger partial charge in [-0.15, -0.1) is 0 Å². The van der Waals surface area contributed by atoms with Crippen molar-refractivity contribution in [2.24, 2.45) is 0 Å².